The minimum Gasteiger partial charge on any atom is -0.496 e. The Kier molecular flexibility index (Phi) is 6.99. The zero-order valence-electron chi connectivity index (χ0n) is 16.8. The molecular formula is C21H26N2O4S. The lowest BCUT2D eigenvalue weighted by atomic mass is 10.1. The van der Waals surface area contributed by atoms with Gasteiger partial charge in [-0.05, 0) is 63.2 Å². The average Bonchev–Trinajstić information content (AvgIpc) is 2.66. The van der Waals surface area contributed by atoms with E-state index in [0.29, 0.717) is 11.4 Å². The van der Waals surface area contributed by atoms with Crippen LogP contribution in [0.5, 0.6) is 5.75 Å². The fourth-order valence-corrected chi connectivity index (χ4v) is 3.86. The van der Waals surface area contributed by atoms with E-state index in [2.05, 4.69) is 5.32 Å². The standard InChI is InChI=1S/C21H26N2O4S/c1-15(2)23(4)28(25,26)19-10-8-18(9-11-19)22-21(24)13-7-17-14-16(3)6-12-20(17)27-5/h6-15H,1-5H3,(H,22,24)/b13-7+. The van der Waals surface area contributed by atoms with E-state index in [9.17, 15) is 13.2 Å². The molecule has 150 valence electrons. The van der Waals surface area contributed by atoms with Crippen molar-refractivity contribution in [1.82, 2.24) is 4.31 Å². The first-order chi connectivity index (χ1) is 13.1. The molecule has 0 aliphatic heterocycles. The number of nitrogens with zero attached hydrogens (tertiary/aromatic N) is 1. The highest BCUT2D eigenvalue weighted by Crippen LogP contribution is 2.22. The van der Waals surface area contributed by atoms with E-state index in [0.717, 1.165) is 11.1 Å². The van der Waals surface area contributed by atoms with E-state index in [1.165, 1.54) is 22.5 Å². The van der Waals surface area contributed by atoms with E-state index >= 15 is 0 Å². The lowest BCUT2D eigenvalue weighted by Gasteiger charge is -2.21. The summed E-state index contributed by atoms with van der Waals surface area (Å²) in [4.78, 5) is 12.4. The summed E-state index contributed by atoms with van der Waals surface area (Å²) in [5, 5.41) is 2.72. The minimum atomic E-state index is -3.55. The molecule has 2 aromatic rings. The molecule has 0 saturated heterocycles. The largest absolute Gasteiger partial charge is 0.496 e. The third-order valence-corrected chi connectivity index (χ3v) is 6.37. The molecule has 1 N–H and O–H groups in total. The number of hydrogen-bond acceptors (Lipinski definition) is 4. The van der Waals surface area contributed by atoms with Gasteiger partial charge in [0.05, 0.1) is 12.0 Å². The number of benzene rings is 2. The summed E-state index contributed by atoms with van der Waals surface area (Å²) < 4.78 is 31.5. The van der Waals surface area contributed by atoms with Crippen LogP contribution in [0, 0.1) is 6.92 Å². The Labute approximate surface area is 166 Å². The zero-order valence-corrected chi connectivity index (χ0v) is 17.6. The molecule has 0 aliphatic carbocycles. The predicted molar refractivity (Wildman–Crippen MR) is 112 cm³/mol. The lowest BCUT2D eigenvalue weighted by Crippen LogP contribution is -2.33. The van der Waals surface area contributed by atoms with Crippen LogP contribution in [0.25, 0.3) is 6.08 Å². The second kappa shape index (κ2) is 9.03. The quantitative estimate of drug-likeness (QED) is 0.717. The molecule has 0 saturated carbocycles. The molecule has 0 fully saturated rings. The summed E-state index contributed by atoms with van der Waals surface area (Å²) in [6.07, 6.45) is 3.09. The van der Waals surface area contributed by atoms with Gasteiger partial charge in [0.25, 0.3) is 0 Å². The highest BCUT2D eigenvalue weighted by molar-refractivity contribution is 7.89. The highest BCUT2D eigenvalue weighted by Gasteiger charge is 2.22. The third-order valence-electron chi connectivity index (χ3n) is 4.33. The summed E-state index contributed by atoms with van der Waals surface area (Å²) in [6, 6.07) is 11.7. The first kappa shape index (κ1) is 21.7. The number of carbonyl (C=O) groups is 1. The molecule has 0 bridgehead atoms. The Hall–Kier alpha value is -2.64. The smallest absolute Gasteiger partial charge is 0.248 e. The van der Waals surface area contributed by atoms with Crippen molar-refractivity contribution in [3.05, 3.63) is 59.7 Å². The third kappa shape index (κ3) is 5.21. The molecular weight excluding hydrogens is 376 g/mol. The topological polar surface area (TPSA) is 75.7 Å². The van der Waals surface area contributed by atoms with Crippen molar-refractivity contribution < 1.29 is 17.9 Å². The van der Waals surface area contributed by atoms with Crippen molar-refractivity contribution in [2.45, 2.75) is 31.7 Å². The van der Waals surface area contributed by atoms with E-state index in [4.69, 9.17) is 4.74 Å². The van der Waals surface area contributed by atoms with Gasteiger partial charge < -0.3 is 10.1 Å². The van der Waals surface area contributed by atoms with Crippen molar-refractivity contribution in [2.24, 2.45) is 0 Å². The fraction of sp³-hybridized carbons (Fsp3) is 0.286. The van der Waals surface area contributed by atoms with Crippen molar-refractivity contribution in [1.29, 1.82) is 0 Å². The lowest BCUT2D eigenvalue weighted by molar-refractivity contribution is -0.111. The first-order valence-electron chi connectivity index (χ1n) is 8.87. The predicted octanol–water partition coefficient (Wildman–Crippen LogP) is 3.68. The van der Waals surface area contributed by atoms with Gasteiger partial charge in [0.15, 0.2) is 0 Å². The molecule has 7 heteroatoms. The van der Waals surface area contributed by atoms with E-state index in [-0.39, 0.29) is 16.8 Å². The van der Waals surface area contributed by atoms with Crippen molar-refractivity contribution in [2.75, 3.05) is 19.5 Å². The van der Waals surface area contributed by atoms with Crippen molar-refractivity contribution in [3.8, 4) is 5.75 Å². The number of carbonyl (C=O) groups excluding carboxylic acids is 1. The van der Waals surface area contributed by atoms with E-state index in [1.54, 1.807) is 32.4 Å². The molecule has 0 heterocycles. The van der Waals surface area contributed by atoms with Crippen LogP contribution in [0.15, 0.2) is 53.4 Å². The summed E-state index contributed by atoms with van der Waals surface area (Å²) in [5.41, 5.74) is 2.37. The van der Waals surface area contributed by atoms with E-state index in [1.807, 2.05) is 39.0 Å². The molecule has 2 aromatic carbocycles. The van der Waals surface area contributed by atoms with Gasteiger partial charge in [-0.25, -0.2) is 8.42 Å². The van der Waals surface area contributed by atoms with Gasteiger partial charge in [-0.1, -0.05) is 11.6 Å². The highest BCUT2D eigenvalue weighted by atomic mass is 32.2. The van der Waals surface area contributed by atoms with Gasteiger partial charge in [-0.3, -0.25) is 4.79 Å². The molecule has 0 atom stereocenters. The molecule has 1 amide bonds. The normalized spacial score (nSPS) is 12.0. The van der Waals surface area contributed by atoms with Crippen molar-refractivity contribution in [3.63, 3.8) is 0 Å². The minimum absolute atomic E-state index is 0.145. The number of hydrogen-bond donors (Lipinski definition) is 1. The number of methoxy groups -OCH3 is 1. The Morgan fingerprint density at radius 1 is 1.14 bits per heavy atom. The average molecular weight is 403 g/mol. The van der Waals surface area contributed by atoms with Crippen LogP contribution in [0.3, 0.4) is 0 Å². The number of amides is 1. The SMILES string of the molecule is COc1ccc(C)cc1/C=C/C(=O)Nc1ccc(S(=O)(=O)N(C)C(C)C)cc1. The van der Waals surface area contributed by atoms with Gasteiger partial charge in [0, 0.05) is 30.4 Å². The molecule has 2 rings (SSSR count). The van der Waals surface area contributed by atoms with Crippen LogP contribution in [0.2, 0.25) is 0 Å². The van der Waals surface area contributed by atoms with E-state index < -0.39 is 10.0 Å². The Morgan fingerprint density at radius 3 is 2.36 bits per heavy atom. The second-order valence-electron chi connectivity index (χ2n) is 6.71. The maximum absolute atomic E-state index is 12.5. The first-order valence-corrected chi connectivity index (χ1v) is 10.3. The number of sulfonamides is 1. The maximum Gasteiger partial charge on any atom is 0.248 e. The summed E-state index contributed by atoms with van der Waals surface area (Å²) in [7, 11) is -0.429. The van der Waals surface area contributed by atoms with Crippen LogP contribution in [-0.4, -0.2) is 38.8 Å². The van der Waals surface area contributed by atoms with Gasteiger partial charge in [-0.15, -0.1) is 0 Å². The Morgan fingerprint density at radius 2 is 1.79 bits per heavy atom. The van der Waals surface area contributed by atoms with Crippen LogP contribution in [-0.2, 0) is 14.8 Å². The number of aryl methyl sites for hydroxylation is 1. The number of rotatable bonds is 7. The van der Waals surface area contributed by atoms with Gasteiger partial charge in [0.1, 0.15) is 5.75 Å². The van der Waals surface area contributed by atoms with Crippen LogP contribution in [0.1, 0.15) is 25.0 Å². The number of ether oxygens (including phenoxy) is 1. The molecule has 0 aliphatic rings. The molecule has 6 nitrogen and oxygen atoms in total. The fourth-order valence-electron chi connectivity index (χ4n) is 2.49. The monoisotopic (exact) mass is 402 g/mol. The van der Waals surface area contributed by atoms with Crippen LogP contribution in [0.4, 0.5) is 5.69 Å². The maximum atomic E-state index is 12.5. The summed E-state index contributed by atoms with van der Waals surface area (Å²) >= 11 is 0. The molecule has 0 spiro atoms. The Balaban J connectivity index is 2.10. The van der Waals surface area contributed by atoms with Gasteiger partial charge in [0.2, 0.25) is 15.9 Å². The van der Waals surface area contributed by atoms with Crippen LogP contribution < -0.4 is 10.1 Å². The van der Waals surface area contributed by atoms with Gasteiger partial charge >= 0.3 is 0 Å². The molecule has 0 unspecified atom stereocenters. The zero-order chi connectivity index (χ0) is 20.9. The second-order valence-corrected chi connectivity index (χ2v) is 8.70. The van der Waals surface area contributed by atoms with Gasteiger partial charge in [-0.2, -0.15) is 4.31 Å². The summed E-state index contributed by atoms with van der Waals surface area (Å²) in [5.74, 6) is 0.358. The molecule has 0 radical (unpaired) electrons. The number of anilines is 1. The Bertz CT molecular complexity index is 964. The summed E-state index contributed by atoms with van der Waals surface area (Å²) in [6.45, 7) is 5.58. The molecule has 28 heavy (non-hydrogen) atoms. The number of nitrogens with one attached hydrogen (secondary N) is 1. The van der Waals surface area contributed by atoms with Crippen molar-refractivity contribution >= 4 is 27.7 Å². The molecule has 0 aromatic heterocycles. The van der Waals surface area contributed by atoms with Crippen LogP contribution >= 0.6 is 0 Å².